The second kappa shape index (κ2) is 2.94. The quantitative estimate of drug-likeness (QED) is 0.717. The fraction of sp³-hybridized carbons (Fsp3) is 0.444. The highest BCUT2D eigenvalue weighted by Gasteiger charge is 2.19. The minimum atomic E-state index is -0.00866. The molecule has 0 aliphatic heterocycles. The number of nitrogens with one attached hydrogen (secondary N) is 2. The van der Waals surface area contributed by atoms with Gasteiger partial charge in [-0.15, -0.1) is 0 Å². The van der Waals surface area contributed by atoms with Crippen molar-refractivity contribution in [2.75, 3.05) is 0 Å². The van der Waals surface area contributed by atoms with Crippen molar-refractivity contribution in [1.82, 2.24) is 25.1 Å². The van der Waals surface area contributed by atoms with Crippen molar-refractivity contribution in [2.24, 2.45) is 0 Å². The Kier molecular flexibility index (Phi) is 1.87. The van der Waals surface area contributed by atoms with Crippen LogP contribution in [-0.2, 0) is 5.41 Å². The Morgan fingerprint density at radius 3 is 2.57 bits per heavy atom. The van der Waals surface area contributed by atoms with Crippen LogP contribution >= 0.6 is 0 Å². The van der Waals surface area contributed by atoms with E-state index in [1.807, 2.05) is 0 Å². The van der Waals surface area contributed by atoms with Gasteiger partial charge in [-0.05, 0) is 0 Å². The summed E-state index contributed by atoms with van der Waals surface area (Å²) in [5.74, 6) is 1.54. The molecule has 0 aromatic carbocycles. The van der Waals surface area contributed by atoms with Gasteiger partial charge in [0.1, 0.15) is 11.5 Å². The molecular weight excluding hydrogens is 178 g/mol. The smallest absolute Gasteiger partial charge is 0.199 e. The van der Waals surface area contributed by atoms with Gasteiger partial charge < -0.3 is 4.98 Å². The molecule has 0 saturated heterocycles. The Morgan fingerprint density at radius 2 is 2.07 bits per heavy atom. The van der Waals surface area contributed by atoms with Gasteiger partial charge in [0.15, 0.2) is 5.82 Å². The molecule has 2 aromatic rings. The van der Waals surface area contributed by atoms with Crippen molar-refractivity contribution in [3.63, 3.8) is 0 Å². The number of H-pyrrole nitrogens is 2. The summed E-state index contributed by atoms with van der Waals surface area (Å²) in [7, 11) is 0. The fourth-order valence-electron chi connectivity index (χ4n) is 1.10. The average molecular weight is 191 g/mol. The van der Waals surface area contributed by atoms with E-state index in [0.29, 0.717) is 5.82 Å². The lowest BCUT2D eigenvalue weighted by molar-refractivity contribution is 0.548. The van der Waals surface area contributed by atoms with Gasteiger partial charge in [0.2, 0.25) is 0 Å². The Bertz CT molecular complexity index is 407. The third kappa shape index (κ3) is 1.53. The number of hydrogen-bond acceptors (Lipinski definition) is 3. The molecule has 0 aliphatic rings. The van der Waals surface area contributed by atoms with E-state index in [0.717, 1.165) is 11.5 Å². The van der Waals surface area contributed by atoms with Gasteiger partial charge in [0, 0.05) is 5.41 Å². The third-order valence-electron chi connectivity index (χ3n) is 1.93. The second-order valence-electron chi connectivity index (χ2n) is 4.22. The summed E-state index contributed by atoms with van der Waals surface area (Å²) in [6.07, 6.45) is 3.32. The molecule has 74 valence electrons. The van der Waals surface area contributed by atoms with E-state index in [2.05, 4.69) is 45.9 Å². The molecule has 2 heterocycles. The number of aromatic amines is 2. The van der Waals surface area contributed by atoms with E-state index in [4.69, 9.17) is 0 Å². The minimum Gasteiger partial charge on any atom is -0.342 e. The Morgan fingerprint density at radius 1 is 1.29 bits per heavy atom. The molecule has 0 aliphatic carbocycles. The van der Waals surface area contributed by atoms with E-state index < -0.39 is 0 Å². The van der Waals surface area contributed by atoms with Crippen molar-refractivity contribution >= 4 is 0 Å². The number of imidazole rings is 1. The predicted molar refractivity (Wildman–Crippen MR) is 52.7 cm³/mol. The molecule has 14 heavy (non-hydrogen) atoms. The summed E-state index contributed by atoms with van der Waals surface area (Å²) in [6.45, 7) is 6.26. The van der Waals surface area contributed by atoms with Gasteiger partial charge in [-0.25, -0.2) is 9.97 Å². The van der Waals surface area contributed by atoms with Gasteiger partial charge in [-0.2, -0.15) is 5.10 Å². The molecule has 0 amide bonds. The molecule has 0 bridgehead atoms. The molecule has 0 unspecified atom stereocenters. The van der Waals surface area contributed by atoms with Crippen molar-refractivity contribution in [3.05, 3.63) is 18.3 Å². The van der Waals surface area contributed by atoms with Crippen LogP contribution in [0.5, 0.6) is 0 Å². The first-order valence-corrected chi connectivity index (χ1v) is 4.49. The molecule has 5 heteroatoms. The zero-order chi connectivity index (χ0) is 10.2. The van der Waals surface area contributed by atoms with Crippen molar-refractivity contribution in [1.29, 1.82) is 0 Å². The second-order valence-corrected chi connectivity index (χ2v) is 4.22. The number of aromatic nitrogens is 5. The van der Waals surface area contributed by atoms with Crippen LogP contribution in [0.4, 0.5) is 0 Å². The molecule has 5 nitrogen and oxygen atoms in total. The van der Waals surface area contributed by atoms with Crippen molar-refractivity contribution in [3.8, 4) is 11.5 Å². The number of nitrogens with zero attached hydrogens (tertiary/aromatic N) is 3. The minimum absolute atomic E-state index is 0.00866. The highest BCUT2D eigenvalue weighted by atomic mass is 15.2. The van der Waals surface area contributed by atoms with Gasteiger partial charge in [-0.3, -0.25) is 5.10 Å². The van der Waals surface area contributed by atoms with Gasteiger partial charge in [-0.1, -0.05) is 20.8 Å². The van der Waals surface area contributed by atoms with Crippen molar-refractivity contribution in [2.45, 2.75) is 26.2 Å². The Labute approximate surface area is 82.0 Å². The average Bonchev–Trinajstić information content (AvgIpc) is 2.73. The number of hydrogen-bond donors (Lipinski definition) is 2. The van der Waals surface area contributed by atoms with Crippen LogP contribution < -0.4 is 0 Å². The normalized spacial score (nSPS) is 11.9. The lowest BCUT2D eigenvalue weighted by Crippen LogP contribution is -2.13. The van der Waals surface area contributed by atoms with E-state index in [9.17, 15) is 0 Å². The molecule has 2 rings (SSSR count). The summed E-state index contributed by atoms with van der Waals surface area (Å²) in [4.78, 5) is 11.3. The third-order valence-corrected chi connectivity index (χ3v) is 1.93. The Balaban J connectivity index is 2.36. The summed E-state index contributed by atoms with van der Waals surface area (Å²) in [5, 5.41) is 7.04. The van der Waals surface area contributed by atoms with Crippen LogP contribution in [0, 0.1) is 0 Å². The zero-order valence-corrected chi connectivity index (χ0v) is 8.50. The van der Waals surface area contributed by atoms with Gasteiger partial charge in [0.25, 0.3) is 0 Å². The predicted octanol–water partition coefficient (Wildman–Crippen LogP) is 1.49. The fourth-order valence-corrected chi connectivity index (χ4v) is 1.10. The summed E-state index contributed by atoms with van der Waals surface area (Å²) in [6, 6.07) is 0. The van der Waals surface area contributed by atoms with Crippen LogP contribution in [0.15, 0.2) is 12.5 Å². The van der Waals surface area contributed by atoms with Crippen LogP contribution in [0.1, 0.15) is 26.6 Å². The molecule has 2 aromatic heterocycles. The summed E-state index contributed by atoms with van der Waals surface area (Å²) in [5.41, 5.74) is 0.822. The highest BCUT2D eigenvalue weighted by molar-refractivity contribution is 5.46. The van der Waals surface area contributed by atoms with Crippen LogP contribution in [0.3, 0.4) is 0 Å². The SMILES string of the molecule is CC(C)(C)c1nc(-c2cnc[nH]2)n[nH]1. The maximum absolute atomic E-state index is 4.39. The largest absolute Gasteiger partial charge is 0.342 e. The maximum Gasteiger partial charge on any atom is 0.199 e. The first-order chi connectivity index (χ1) is 6.57. The zero-order valence-electron chi connectivity index (χ0n) is 8.50. The maximum atomic E-state index is 4.39. The van der Waals surface area contributed by atoms with Crippen LogP contribution in [-0.4, -0.2) is 25.1 Å². The lowest BCUT2D eigenvalue weighted by Gasteiger charge is -2.12. The Hall–Kier alpha value is -1.65. The van der Waals surface area contributed by atoms with Crippen molar-refractivity contribution < 1.29 is 0 Å². The first-order valence-electron chi connectivity index (χ1n) is 4.49. The molecule has 0 spiro atoms. The van der Waals surface area contributed by atoms with E-state index in [1.165, 1.54) is 0 Å². The van der Waals surface area contributed by atoms with E-state index >= 15 is 0 Å². The molecule has 0 saturated carbocycles. The first kappa shape index (κ1) is 8.93. The van der Waals surface area contributed by atoms with E-state index in [-0.39, 0.29) is 5.41 Å². The standard InChI is InChI=1S/C9H13N5/c1-9(2,3)8-12-7(13-14-8)6-4-10-5-11-6/h4-5H,1-3H3,(H,10,11)(H,12,13,14). The van der Waals surface area contributed by atoms with Crippen LogP contribution in [0.25, 0.3) is 11.5 Å². The molecule has 0 atom stereocenters. The highest BCUT2D eigenvalue weighted by Crippen LogP contribution is 2.19. The molecule has 0 fully saturated rings. The molecule has 2 N–H and O–H groups in total. The molecule has 0 radical (unpaired) electrons. The van der Waals surface area contributed by atoms with Gasteiger partial charge in [0.05, 0.1) is 12.5 Å². The lowest BCUT2D eigenvalue weighted by atomic mass is 9.96. The van der Waals surface area contributed by atoms with Gasteiger partial charge >= 0.3 is 0 Å². The van der Waals surface area contributed by atoms with Crippen LogP contribution in [0.2, 0.25) is 0 Å². The summed E-state index contributed by atoms with van der Waals surface area (Å²) >= 11 is 0. The van der Waals surface area contributed by atoms with E-state index in [1.54, 1.807) is 12.5 Å². The topological polar surface area (TPSA) is 70.2 Å². The number of rotatable bonds is 1. The monoisotopic (exact) mass is 191 g/mol. The molecular formula is C9H13N5. The summed E-state index contributed by atoms with van der Waals surface area (Å²) < 4.78 is 0.